The number of aromatic nitrogens is 4. The van der Waals surface area contributed by atoms with E-state index in [4.69, 9.17) is 0 Å². The molecular formula is C15H17F2N5O2. The molecule has 2 heterocycles. The van der Waals surface area contributed by atoms with Gasteiger partial charge in [-0.25, -0.2) is 0 Å². The zero-order valence-electron chi connectivity index (χ0n) is 12.9. The lowest BCUT2D eigenvalue weighted by atomic mass is 9.76. The molecule has 0 aromatic carbocycles. The molecule has 128 valence electrons. The van der Waals surface area contributed by atoms with Crippen LogP contribution in [0.1, 0.15) is 73.1 Å². The second-order valence-electron chi connectivity index (χ2n) is 6.44. The summed E-state index contributed by atoms with van der Waals surface area (Å²) in [6, 6.07) is 0.370. The summed E-state index contributed by atoms with van der Waals surface area (Å²) in [4.78, 5) is 16.3. The lowest BCUT2D eigenvalue weighted by Crippen LogP contribution is -2.51. The average molecular weight is 337 g/mol. The lowest BCUT2D eigenvalue weighted by molar-refractivity contribution is 0.0803. The minimum Gasteiger partial charge on any atom is -0.339 e. The molecule has 2 aromatic heterocycles. The minimum absolute atomic E-state index is 0.115. The Bertz CT molecular complexity index is 749. The van der Waals surface area contributed by atoms with Gasteiger partial charge >= 0.3 is 6.43 Å². The topological polar surface area (TPSA) is 85.8 Å². The first kappa shape index (κ1) is 15.2. The first-order valence-electron chi connectivity index (χ1n) is 8.06. The fraction of sp³-hybridized carbons (Fsp3) is 0.600. The van der Waals surface area contributed by atoms with Crippen molar-refractivity contribution >= 4 is 5.91 Å². The molecular weight excluding hydrogens is 320 g/mol. The van der Waals surface area contributed by atoms with Gasteiger partial charge in [-0.15, -0.1) is 0 Å². The second kappa shape index (κ2) is 5.64. The van der Waals surface area contributed by atoms with Crippen LogP contribution in [-0.4, -0.2) is 25.8 Å². The number of halogens is 2. The van der Waals surface area contributed by atoms with Crippen LogP contribution < -0.4 is 5.32 Å². The van der Waals surface area contributed by atoms with Gasteiger partial charge in [0.05, 0.1) is 17.8 Å². The highest BCUT2D eigenvalue weighted by atomic mass is 19.3. The van der Waals surface area contributed by atoms with Crippen molar-refractivity contribution in [3.63, 3.8) is 0 Å². The molecule has 0 saturated heterocycles. The van der Waals surface area contributed by atoms with Crippen LogP contribution in [0.2, 0.25) is 0 Å². The van der Waals surface area contributed by atoms with Crippen molar-refractivity contribution < 1.29 is 18.1 Å². The van der Waals surface area contributed by atoms with Crippen molar-refractivity contribution in [2.45, 2.75) is 56.5 Å². The van der Waals surface area contributed by atoms with Crippen LogP contribution in [0.4, 0.5) is 8.78 Å². The van der Waals surface area contributed by atoms with E-state index in [9.17, 15) is 13.6 Å². The molecule has 2 aromatic rings. The molecule has 7 nitrogen and oxygen atoms in total. The summed E-state index contributed by atoms with van der Waals surface area (Å²) in [5.41, 5.74) is -0.377. The molecule has 0 bridgehead atoms. The van der Waals surface area contributed by atoms with Gasteiger partial charge in [0, 0.05) is 6.20 Å². The third kappa shape index (κ3) is 2.47. The number of carbonyl (C=O) groups excluding carboxylic acids is 1. The van der Waals surface area contributed by atoms with E-state index < -0.39 is 17.9 Å². The summed E-state index contributed by atoms with van der Waals surface area (Å²) in [7, 11) is 0. The SMILES string of the molecule is O=C(NC1(c2noc(C(F)F)n2)CCC1)c1cnn(C2CCC2)c1. The summed E-state index contributed by atoms with van der Waals surface area (Å²) < 4.78 is 31.7. The fourth-order valence-corrected chi connectivity index (χ4v) is 3.05. The van der Waals surface area contributed by atoms with Gasteiger partial charge in [0.15, 0.2) is 5.82 Å². The number of amides is 1. The molecule has 24 heavy (non-hydrogen) atoms. The third-order valence-corrected chi connectivity index (χ3v) is 4.93. The maximum Gasteiger partial charge on any atom is 0.315 e. The van der Waals surface area contributed by atoms with Gasteiger partial charge in [-0.05, 0) is 38.5 Å². The van der Waals surface area contributed by atoms with Crippen LogP contribution in [0.3, 0.4) is 0 Å². The molecule has 2 aliphatic rings. The van der Waals surface area contributed by atoms with Crippen molar-refractivity contribution in [3.8, 4) is 0 Å². The number of hydrogen-bond acceptors (Lipinski definition) is 5. The summed E-state index contributed by atoms with van der Waals surface area (Å²) in [6.07, 6.45) is 5.82. The average Bonchev–Trinajstić information content (AvgIpc) is 3.10. The number of rotatable bonds is 5. The van der Waals surface area contributed by atoms with E-state index in [1.54, 1.807) is 6.20 Å². The molecule has 0 radical (unpaired) electrons. The molecule has 2 aliphatic carbocycles. The largest absolute Gasteiger partial charge is 0.339 e. The minimum atomic E-state index is -2.82. The van der Waals surface area contributed by atoms with Gasteiger partial charge in [0.25, 0.3) is 11.8 Å². The second-order valence-corrected chi connectivity index (χ2v) is 6.44. The quantitative estimate of drug-likeness (QED) is 0.906. The Morgan fingerprint density at radius 2 is 2.17 bits per heavy atom. The highest BCUT2D eigenvalue weighted by Gasteiger charge is 2.45. The summed E-state index contributed by atoms with van der Waals surface area (Å²) in [5, 5.41) is 10.8. The lowest BCUT2D eigenvalue weighted by Gasteiger charge is -2.39. The van der Waals surface area contributed by atoms with E-state index in [2.05, 4.69) is 25.1 Å². The van der Waals surface area contributed by atoms with Crippen LogP contribution >= 0.6 is 0 Å². The highest BCUT2D eigenvalue weighted by molar-refractivity contribution is 5.94. The van der Waals surface area contributed by atoms with Crippen molar-refractivity contribution in [1.29, 1.82) is 0 Å². The number of nitrogens with one attached hydrogen (secondary N) is 1. The third-order valence-electron chi connectivity index (χ3n) is 4.93. The molecule has 1 amide bonds. The van der Waals surface area contributed by atoms with Crippen LogP contribution in [0, 0.1) is 0 Å². The van der Waals surface area contributed by atoms with Crippen molar-refractivity contribution in [2.75, 3.05) is 0 Å². The van der Waals surface area contributed by atoms with Crippen molar-refractivity contribution in [1.82, 2.24) is 25.2 Å². The van der Waals surface area contributed by atoms with E-state index in [1.165, 1.54) is 12.6 Å². The van der Waals surface area contributed by atoms with Crippen LogP contribution in [0.25, 0.3) is 0 Å². The molecule has 1 N–H and O–H groups in total. The van der Waals surface area contributed by atoms with E-state index in [0.717, 1.165) is 19.3 Å². The zero-order chi connectivity index (χ0) is 16.7. The summed E-state index contributed by atoms with van der Waals surface area (Å²) in [5.74, 6) is -0.907. The molecule has 2 fully saturated rings. The van der Waals surface area contributed by atoms with Crippen LogP contribution in [-0.2, 0) is 5.54 Å². The molecule has 9 heteroatoms. The first-order chi connectivity index (χ1) is 11.6. The molecule has 0 spiro atoms. The van der Waals surface area contributed by atoms with E-state index in [-0.39, 0.29) is 11.7 Å². The zero-order valence-corrected chi connectivity index (χ0v) is 12.9. The van der Waals surface area contributed by atoms with Gasteiger partial charge in [0.2, 0.25) is 0 Å². The maximum atomic E-state index is 12.6. The predicted molar refractivity (Wildman–Crippen MR) is 77.4 cm³/mol. The van der Waals surface area contributed by atoms with E-state index in [0.29, 0.717) is 24.4 Å². The number of carbonyl (C=O) groups is 1. The molecule has 0 unspecified atom stereocenters. The summed E-state index contributed by atoms with van der Waals surface area (Å²) in [6.45, 7) is 0. The van der Waals surface area contributed by atoms with Gasteiger partial charge in [-0.2, -0.15) is 18.9 Å². The Balaban J connectivity index is 1.51. The maximum absolute atomic E-state index is 12.6. The Morgan fingerprint density at radius 1 is 1.38 bits per heavy atom. The number of hydrogen-bond donors (Lipinski definition) is 1. The van der Waals surface area contributed by atoms with Crippen molar-refractivity contribution in [3.05, 3.63) is 29.7 Å². The Kier molecular flexibility index (Phi) is 3.58. The Hall–Kier alpha value is -2.32. The van der Waals surface area contributed by atoms with Gasteiger partial charge in [-0.3, -0.25) is 9.48 Å². The highest BCUT2D eigenvalue weighted by Crippen LogP contribution is 2.40. The Morgan fingerprint density at radius 3 is 2.71 bits per heavy atom. The molecule has 4 rings (SSSR count). The van der Waals surface area contributed by atoms with Crippen LogP contribution in [0.15, 0.2) is 16.9 Å². The Labute approximate surface area is 136 Å². The number of alkyl halides is 2. The molecule has 0 atom stereocenters. The predicted octanol–water partition coefficient (Wildman–Crippen LogP) is 2.74. The van der Waals surface area contributed by atoms with Gasteiger partial charge in [-0.1, -0.05) is 5.16 Å². The monoisotopic (exact) mass is 337 g/mol. The fourth-order valence-electron chi connectivity index (χ4n) is 3.05. The molecule has 2 saturated carbocycles. The van der Waals surface area contributed by atoms with Crippen LogP contribution in [0.5, 0.6) is 0 Å². The number of nitrogens with zero attached hydrogens (tertiary/aromatic N) is 4. The summed E-state index contributed by atoms with van der Waals surface area (Å²) >= 11 is 0. The van der Waals surface area contributed by atoms with Crippen molar-refractivity contribution in [2.24, 2.45) is 0 Å². The standard InChI is InChI=1S/C15H17F2N5O2/c16-11(17)13-19-14(21-24-13)15(5-2-6-15)20-12(23)9-7-18-22(8-9)10-3-1-4-10/h7-8,10-11H,1-6H2,(H,20,23). The van der Waals surface area contributed by atoms with E-state index in [1.807, 2.05) is 4.68 Å². The smallest absolute Gasteiger partial charge is 0.315 e. The van der Waals surface area contributed by atoms with Gasteiger partial charge < -0.3 is 9.84 Å². The normalized spacial score (nSPS) is 19.8. The first-order valence-corrected chi connectivity index (χ1v) is 8.06. The van der Waals surface area contributed by atoms with E-state index >= 15 is 0 Å². The van der Waals surface area contributed by atoms with Gasteiger partial charge in [0.1, 0.15) is 5.54 Å². The molecule has 0 aliphatic heterocycles.